The minimum absolute atomic E-state index is 0.0110. The van der Waals surface area contributed by atoms with E-state index in [0.29, 0.717) is 43.4 Å². The summed E-state index contributed by atoms with van der Waals surface area (Å²) in [4.78, 5) is 48.3. The molecule has 0 heterocycles. The van der Waals surface area contributed by atoms with E-state index in [1.807, 2.05) is 0 Å². The number of esters is 3. The van der Waals surface area contributed by atoms with Crippen molar-refractivity contribution in [2.75, 3.05) is 77.2 Å². The van der Waals surface area contributed by atoms with Crippen LogP contribution in [0.25, 0.3) is 0 Å². The second kappa shape index (κ2) is 27.6. The van der Waals surface area contributed by atoms with Crippen LogP contribution in [0, 0.1) is 10.8 Å². The second-order valence-corrected chi connectivity index (χ2v) is 13.1. The fourth-order valence-electron chi connectivity index (χ4n) is 3.06. The summed E-state index contributed by atoms with van der Waals surface area (Å²) < 4.78 is 34.1. The zero-order valence-corrected chi connectivity index (χ0v) is 33.0. The number of aliphatic hydroxyl groups is 2. The first kappa shape index (κ1) is 43.5. The molecule has 252 valence electrons. The van der Waals surface area contributed by atoms with E-state index in [1.54, 1.807) is 0 Å². The lowest BCUT2D eigenvalue weighted by molar-refractivity contribution is -0.155. The van der Waals surface area contributed by atoms with Crippen LogP contribution in [0.2, 0.25) is 0 Å². The Bertz CT molecular complexity index is 717. The van der Waals surface area contributed by atoms with E-state index in [9.17, 15) is 19.2 Å². The molecule has 0 amide bonds. The highest BCUT2D eigenvalue weighted by atomic mass is 127. The number of halogens is 4. The highest BCUT2D eigenvalue weighted by Crippen LogP contribution is 2.26. The van der Waals surface area contributed by atoms with E-state index in [-0.39, 0.29) is 84.2 Å². The number of unbranched alkanes of at least 4 members (excludes halogenated alkanes) is 4. The molecule has 0 aromatic carbocycles. The Morgan fingerprint density at radius 3 is 1.35 bits per heavy atom. The van der Waals surface area contributed by atoms with Gasteiger partial charge in [-0.25, -0.2) is 9.59 Å². The summed E-state index contributed by atoms with van der Waals surface area (Å²) in [5.74, 6) is -1.23. The normalized spacial score (nSPS) is 11.6. The monoisotopic (exact) mass is 1070 g/mol. The van der Waals surface area contributed by atoms with Crippen molar-refractivity contribution in [1.82, 2.24) is 0 Å². The van der Waals surface area contributed by atoms with Crippen molar-refractivity contribution in [2.45, 2.75) is 51.4 Å². The molecule has 0 rings (SSSR count). The molecular formula is C27H44I4O12. The van der Waals surface area contributed by atoms with E-state index >= 15 is 0 Å². The molecule has 0 aliphatic rings. The standard InChI is InChI=1S/C27H44I4O12/c28-14-26(15-29,18-40-22(34)7-3-1-5-9-32)20-42-24(36)13-38-11-12-39-25(37)43-21-27(16-30,17-31)19-41-23(35)8-4-2-6-10-33/h32-33H,1-21H2. The molecule has 0 saturated carbocycles. The van der Waals surface area contributed by atoms with Crippen LogP contribution in [0.1, 0.15) is 51.4 Å². The molecule has 0 aliphatic carbocycles. The Balaban J connectivity index is 4.30. The van der Waals surface area contributed by atoms with Crippen LogP contribution in [0.4, 0.5) is 4.79 Å². The molecule has 0 saturated heterocycles. The van der Waals surface area contributed by atoms with Gasteiger partial charge in [0.2, 0.25) is 0 Å². The van der Waals surface area contributed by atoms with Crippen LogP contribution in [0.5, 0.6) is 0 Å². The molecule has 2 N–H and O–H groups in total. The van der Waals surface area contributed by atoms with Gasteiger partial charge in [0, 0.05) is 43.8 Å². The van der Waals surface area contributed by atoms with Crippen LogP contribution < -0.4 is 0 Å². The Morgan fingerprint density at radius 2 is 0.930 bits per heavy atom. The molecule has 0 atom stereocenters. The molecule has 0 fully saturated rings. The lowest BCUT2D eigenvalue weighted by Gasteiger charge is -2.28. The van der Waals surface area contributed by atoms with Crippen molar-refractivity contribution < 1.29 is 57.8 Å². The molecular weight excluding hydrogens is 1020 g/mol. The number of aliphatic hydroxyl groups excluding tert-OH is 2. The van der Waals surface area contributed by atoms with Gasteiger partial charge >= 0.3 is 24.1 Å². The molecule has 0 unspecified atom stereocenters. The van der Waals surface area contributed by atoms with Gasteiger partial charge in [0.1, 0.15) is 39.6 Å². The SMILES string of the molecule is O=C(CCCCCO)OCC(CI)(CI)COC(=O)COCCOC(=O)OCC(CI)(CI)COC(=O)CCCCCO. The third kappa shape index (κ3) is 21.8. The quantitative estimate of drug-likeness (QED) is 0.0387. The summed E-state index contributed by atoms with van der Waals surface area (Å²) in [7, 11) is 0. The number of carbonyl (C=O) groups excluding carboxylic acids is 4. The third-order valence-electron chi connectivity index (χ3n) is 5.99. The van der Waals surface area contributed by atoms with Crippen molar-refractivity contribution in [1.29, 1.82) is 0 Å². The molecule has 0 aromatic rings. The molecule has 16 heteroatoms. The Morgan fingerprint density at radius 1 is 0.512 bits per heavy atom. The van der Waals surface area contributed by atoms with Crippen LogP contribution in [-0.4, -0.2) is 111 Å². The Kier molecular flexibility index (Phi) is 27.9. The number of hydrogen-bond acceptors (Lipinski definition) is 12. The zero-order valence-electron chi connectivity index (χ0n) is 24.3. The molecule has 0 aliphatic heterocycles. The van der Waals surface area contributed by atoms with Crippen molar-refractivity contribution in [3.8, 4) is 0 Å². The van der Waals surface area contributed by atoms with Crippen molar-refractivity contribution in [3.05, 3.63) is 0 Å². The Labute approximate surface area is 308 Å². The van der Waals surface area contributed by atoms with Crippen LogP contribution in [0.3, 0.4) is 0 Å². The number of rotatable bonds is 27. The first-order chi connectivity index (χ1) is 20.6. The van der Waals surface area contributed by atoms with Crippen molar-refractivity contribution >= 4 is 114 Å². The van der Waals surface area contributed by atoms with Crippen LogP contribution in [0.15, 0.2) is 0 Å². The zero-order chi connectivity index (χ0) is 32.4. The fraction of sp³-hybridized carbons (Fsp3) is 0.852. The number of ether oxygens (including phenoxy) is 6. The highest BCUT2D eigenvalue weighted by molar-refractivity contribution is 14.1. The number of hydrogen-bond donors (Lipinski definition) is 2. The third-order valence-corrected chi connectivity index (χ3v) is 12.5. The minimum Gasteiger partial charge on any atom is -0.465 e. The summed E-state index contributed by atoms with van der Waals surface area (Å²) in [6, 6.07) is 0. The first-order valence-electron chi connectivity index (χ1n) is 13.9. The smallest absolute Gasteiger partial charge is 0.465 e. The molecule has 12 nitrogen and oxygen atoms in total. The topological polar surface area (TPSA) is 164 Å². The molecule has 0 radical (unpaired) electrons. The molecule has 0 spiro atoms. The summed E-state index contributed by atoms with van der Waals surface area (Å²) in [6.07, 6.45) is 3.76. The van der Waals surface area contributed by atoms with Gasteiger partial charge in [-0.1, -0.05) is 103 Å². The molecule has 0 aromatic heterocycles. The van der Waals surface area contributed by atoms with Crippen LogP contribution in [-0.2, 0) is 42.8 Å². The fourth-order valence-corrected chi connectivity index (χ4v) is 7.96. The molecule has 43 heavy (non-hydrogen) atoms. The summed E-state index contributed by atoms with van der Waals surface area (Å²) in [6.45, 7) is 0.0157. The predicted octanol–water partition coefficient (Wildman–Crippen LogP) is 4.60. The van der Waals surface area contributed by atoms with E-state index in [1.165, 1.54) is 0 Å². The van der Waals surface area contributed by atoms with Gasteiger partial charge in [-0.05, 0) is 25.7 Å². The van der Waals surface area contributed by atoms with Crippen LogP contribution >= 0.6 is 90.4 Å². The largest absolute Gasteiger partial charge is 0.508 e. The summed E-state index contributed by atoms with van der Waals surface area (Å²) in [5.41, 5.74) is -1.07. The van der Waals surface area contributed by atoms with E-state index in [2.05, 4.69) is 90.4 Å². The minimum atomic E-state index is -0.891. The maximum atomic E-state index is 12.2. The highest BCUT2D eigenvalue weighted by Gasteiger charge is 2.33. The second-order valence-electron chi connectivity index (χ2n) is 10.0. The van der Waals surface area contributed by atoms with Gasteiger partial charge in [-0.2, -0.15) is 0 Å². The van der Waals surface area contributed by atoms with E-state index in [4.69, 9.17) is 38.6 Å². The van der Waals surface area contributed by atoms with E-state index < -0.39 is 23.0 Å². The van der Waals surface area contributed by atoms with Crippen molar-refractivity contribution in [3.63, 3.8) is 0 Å². The maximum absolute atomic E-state index is 12.2. The van der Waals surface area contributed by atoms with E-state index in [0.717, 1.165) is 12.8 Å². The van der Waals surface area contributed by atoms with Gasteiger partial charge in [-0.15, -0.1) is 0 Å². The summed E-state index contributed by atoms with van der Waals surface area (Å²) >= 11 is 8.68. The average molecular weight is 1070 g/mol. The van der Waals surface area contributed by atoms with Gasteiger partial charge < -0.3 is 38.6 Å². The van der Waals surface area contributed by atoms with Crippen molar-refractivity contribution in [2.24, 2.45) is 10.8 Å². The number of alkyl halides is 4. The lowest BCUT2D eigenvalue weighted by atomic mass is 9.96. The van der Waals surface area contributed by atoms with Gasteiger partial charge in [-0.3, -0.25) is 9.59 Å². The number of carbonyl (C=O) groups is 4. The van der Waals surface area contributed by atoms with Gasteiger partial charge in [0.15, 0.2) is 0 Å². The maximum Gasteiger partial charge on any atom is 0.508 e. The lowest BCUT2D eigenvalue weighted by Crippen LogP contribution is -2.38. The average Bonchev–Trinajstić information content (AvgIpc) is 3.02. The van der Waals surface area contributed by atoms with Gasteiger partial charge in [0.25, 0.3) is 0 Å². The first-order valence-corrected chi connectivity index (χ1v) is 20.1. The Hall–Kier alpha value is 0.480. The molecule has 0 bridgehead atoms. The van der Waals surface area contributed by atoms with Gasteiger partial charge in [0.05, 0.1) is 17.4 Å². The summed E-state index contributed by atoms with van der Waals surface area (Å²) in [5, 5.41) is 17.6. The predicted molar refractivity (Wildman–Crippen MR) is 193 cm³/mol.